The number of hydrogen-bond donors (Lipinski definition) is 0. The molecule has 0 unspecified atom stereocenters. The maximum Gasteiger partial charge on any atom is 0.223 e. The molecule has 1 aromatic carbocycles. The average Bonchev–Trinajstić information content (AvgIpc) is 2.38. The molecule has 0 spiro atoms. The Morgan fingerprint density at radius 3 is 2.06 bits per heavy atom. The zero-order valence-corrected chi connectivity index (χ0v) is 10.7. The van der Waals surface area contributed by atoms with Gasteiger partial charge in [0.25, 0.3) is 0 Å². The highest BCUT2D eigenvalue weighted by atomic mass is 32.2. The van der Waals surface area contributed by atoms with E-state index >= 15 is 0 Å². The molecule has 0 heterocycles. The Balaban J connectivity index is 2.78. The van der Waals surface area contributed by atoms with Gasteiger partial charge in [-0.05, 0) is 11.6 Å². The second-order valence-corrected chi connectivity index (χ2v) is 5.26. The molecule has 1 aromatic rings. The van der Waals surface area contributed by atoms with E-state index in [4.69, 9.17) is 0 Å². The molecule has 6 heteroatoms. The molecule has 0 radical (unpaired) electrons. The van der Waals surface area contributed by atoms with Crippen LogP contribution in [0.3, 0.4) is 0 Å². The molecule has 92 valence electrons. The SMILES string of the molecule is O=S(=O)=C1C=CC=C(c2ccccc2)C1=S(=O)=O. The minimum atomic E-state index is -2.62. The summed E-state index contributed by atoms with van der Waals surface area (Å²) in [6, 6.07) is 8.76. The van der Waals surface area contributed by atoms with Crippen LogP contribution in [0, 0.1) is 0 Å². The van der Waals surface area contributed by atoms with E-state index in [-0.39, 0.29) is 9.73 Å². The third-order valence-corrected chi connectivity index (χ3v) is 4.01. The number of benzene rings is 1. The number of hydrogen-bond acceptors (Lipinski definition) is 4. The van der Waals surface area contributed by atoms with Crippen molar-refractivity contribution in [3.8, 4) is 0 Å². The molecular weight excluding hydrogens is 272 g/mol. The molecule has 0 atom stereocenters. The van der Waals surface area contributed by atoms with Crippen LogP contribution in [0.4, 0.5) is 0 Å². The summed E-state index contributed by atoms with van der Waals surface area (Å²) >= 11 is 0. The highest BCUT2D eigenvalue weighted by Crippen LogP contribution is 2.19. The van der Waals surface area contributed by atoms with E-state index in [2.05, 4.69) is 0 Å². The van der Waals surface area contributed by atoms with E-state index in [1.165, 1.54) is 12.2 Å². The van der Waals surface area contributed by atoms with Crippen molar-refractivity contribution in [2.75, 3.05) is 0 Å². The minimum Gasteiger partial charge on any atom is -0.184 e. The van der Waals surface area contributed by atoms with Crippen molar-refractivity contribution in [2.45, 2.75) is 0 Å². The Bertz CT molecular complexity index is 792. The van der Waals surface area contributed by atoms with Crippen LogP contribution in [0.2, 0.25) is 0 Å². The standard InChI is InChI=1S/C12H8O4S2/c13-17(14)11-8-4-7-10(12(11)18(15)16)9-5-2-1-3-6-9/h1-8H. The summed E-state index contributed by atoms with van der Waals surface area (Å²) in [6.07, 6.45) is 4.36. The first kappa shape index (κ1) is 12.5. The van der Waals surface area contributed by atoms with Gasteiger partial charge in [0.05, 0.1) is 0 Å². The Labute approximate surface area is 107 Å². The zero-order valence-electron chi connectivity index (χ0n) is 9.07. The van der Waals surface area contributed by atoms with E-state index in [0.717, 1.165) is 0 Å². The quantitative estimate of drug-likeness (QED) is 0.712. The second-order valence-electron chi connectivity index (χ2n) is 3.47. The van der Waals surface area contributed by atoms with Gasteiger partial charge in [-0.15, -0.1) is 0 Å². The molecule has 0 saturated carbocycles. The first-order valence-corrected chi connectivity index (χ1v) is 7.13. The fourth-order valence-electron chi connectivity index (χ4n) is 1.66. The summed E-state index contributed by atoms with van der Waals surface area (Å²) < 4.78 is 44.6. The Morgan fingerprint density at radius 1 is 0.833 bits per heavy atom. The van der Waals surface area contributed by atoms with E-state index in [1.54, 1.807) is 36.4 Å². The summed E-state index contributed by atoms with van der Waals surface area (Å²) in [7, 11) is -5.20. The van der Waals surface area contributed by atoms with Gasteiger partial charge in [-0.25, -0.2) is 0 Å². The highest BCUT2D eigenvalue weighted by molar-refractivity contribution is 7.83. The molecule has 0 saturated heterocycles. The van der Waals surface area contributed by atoms with Gasteiger partial charge in [0.15, 0.2) is 0 Å². The van der Waals surface area contributed by atoms with Crippen LogP contribution in [0.1, 0.15) is 5.56 Å². The lowest BCUT2D eigenvalue weighted by Crippen LogP contribution is -2.18. The predicted octanol–water partition coefficient (Wildman–Crippen LogP) is 0.743. The van der Waals surface area contributed by atoms with Crippen LogP contribution in [0.5, 0.6) is 0 Å². The molecule has 18 heavy (non-hydrogen) atoms. The van der Waals surface area contributed by atoms with Gasteiger partial charge in [0.2, 0.25) is 20.6 Å². The van der Waals surface area contributed by atoms with Crippen molar-refractivity contribution in [3.63, 3.8) is 0 Å². The average molecular weight is 280 g/mol. The normalized spacial score (nSPS) is 14.3. The summed E-state index contributed by atoms with van der Waals surface area (Å²) in [6.45, 7) is 0. The zero-order chi connectivity index (χ0) is 13.1. The second kappa shape index (κ2) is 5.16. The van der Waals surface area contributed by atoms with Gasteiger partial charge >= 0.3 is 0 Å². The van der Waals surface area contributed by atoms with E-state index < -0.39 is 20.6 Å². The van der Waals surface area contributed by atoms with Crippen molar-refractivity contribution in [2.24, 2.45) is 0 Å². The number of allylic oxidation sites excluding steroid dienone is 4. The molecule has 0 aliphatic heterocycles. The van der Waals surface area contributed by atoms with E-state index in [1.807, 2.05) is 0 Å². The van der Waals surface area contributed by atoms with Crippen molar-refractivity contribution < 1.29 is 16.8 Å². The van der Waals surface area contributed by atoms with Crippen LogP contribution >= 0.6 is 0 Å². The summed E-state index contributed by atoms with van der Waals surface area (Å²) in [4.78, 5) is -0.415. The van der Waals surface area contributed by atoms with Crippen LogP contribution in [-0.2, 0) is 20.6 Å². The van der Waals surface area contributed by atoms with Gasteiger partial charge in [-0.3, -0.25) is 0 Å². The Hall–Kier alpha value is -1.92. The Morgan fingerprint density at radius 2 is 1.50 bits per heavy atom. The summed E-state index contributed by atoms with van der Waals surface area (Å²) in [5, 5.41) is 0. The van der Waals surface area contributed by atoms with Crippen molar-refractivity contribution in [1.82, 2.24) is 0 Å². The summed E-state index contributed by atoms with van der Waals surface area (Å²) in [5.41, 5.74) is 1.04. The molecule has 2 rings (SSSR count). The molecule has 1 aliphatic rings. The lowest BCUT2D eigenvalue weighted by atomic mass is 9.97. The van der Waals surface area contributed by atoms with Crippen molar-refractivity contribution in [3.05, 3.63) is 54.1 Å². The van der Waals surface area contributed by atoms with Crippen LogP contribution in [0.25, 0.3) is 5.57 Å². The predicted molar refractivity (Wildman–Crippen MR) is 71.4 cm³/mol. The monoisotopic (exact) mass is 280 g/mol. The maximum absolute atomic E-state index is 11.2. The molecule has 1 aliphatic carbocycles. The first-order valence-electron chi connectivity index (χ1n) is 4.98. The molecular formula is C12H8O4S2. The van der Waals surface area contributed by atoms with Crippen molar-refractivity contribution in [1.29, 1.82) is 0 Å². The first-order chi connectivity index (χ1) is 8.61. The van der Waals surface area contributed by atoms with Gasteiger partial charge in [-0.1, -0.05) is 42.5 Å². The van der Waals surface area contributed by atoms with Crippen LogP contribution in [-0.4, -0.2) is 26.6 Å². The van der Waals surface area contributed by atoms with Crippen LogP contribution < -0.4 is 0 Å². The lowest BCUT2D eigenvalue weighted by molar-refractivity contribution is 0.625. The third-order valence-electron chi connectivity index (χ3n) is 2.41. The largest absolute Gasteiger partial charge is 0.223 e. The minimum absolute atomic E-state index is 0.197. The molecule has 0 amide bonds. The van der Waals surface area contributed by atoms with Crippen molar-refractivity contribution >= 4 is 35.9 Å². The third kappa shape index (κ3) is 2.34. The molecule has 0 fully saturated rings. The van der Waals surface area contributed by atoms with Crippen LogP contribution in [0.15, 0.2) is 48.6 Å². The van der Waals surface area contributed by atoms with Gasteiger partial charge in [0, 0.05) is 5.57 Å². The topological polar surface area (TPSA) is 68.3 Å². The highest BCUT2D eigenvalue weighted by Gasteiger charge is 2.19. The van der Waals surface area contributed by atoms with Gasteiger partial charge < -0.3 is 0 Å². The fraction of sp³-hybridized carbons (Fsp3) is 0. The summed E-state index contributed by atoms with van der Waals surface area (Å²) in [5.74, 6) is 0. The molecule has 0 N–H and O–H groups in total. The Kier molecular flexibility index (Phi) is 3.59. The van der Waals surface area contributed by atoms with E-state index in [9.17, 15) is 16.8 Å². The van der Waals surface area contributed by atoms with Gasteiger partial charge in [-0.2, -0.15) is 16.8 Å². The fourth-order valence-corrected chi connectivity index (χ4v) is 3.12. The lowest BCUT2D eigenvalue weighted by Gasteiger charge is -2.09. The molecule has 0 aromatic heterocycles. The smallest absolute Gasteiger partial charge is 0.184 e. The van der Waals surface area contributed by atoms with E-state index in [0.29, 0.717) is 11.1 Å². The molecule has 4 nitrogen and oxygen atoms in total. The maximum atomic E-state index is 11.2. The molecule has 0 bridgehead atoms. The van der Waals surface area contributed by atoms with Gasteiger partial charge in [0.1, 0.15) is 9.73 Å². The number of rotatable bonds is 1.